The Morgan fingerprint density at radius 2 is 2.08 bits per heavy atom. The molecule has 2 rings (SSSR count). The maximum Gasteiger partial charge on any atom is 0.108 e. The van der Waals surface area contributed by atoms with Gasteiger partial charge in [-0.25, -0.2) is 0 Å². The molecule has 2 heteroatoms. The SMILES string of the molecule is CC(OC=C1CCCCC1)C1CS1. The van der Waals surface area contributed by atoms with Crippen molar-refractivity contribution in [1.29, 1.82) is 0 Å². The molecule has 0 aromatic rings. The molecule has 0 bridgehead atoms. The molecule has 1 heterocycles. The highest BCUT2D eigenvalue weighted by Crippen LogP contribution is 2.34. The molecule has 1 saturated heterocycles. The fourth-order valence-corrected chi connectivity index (χ4v) is 2.46. The lowest BCUT2D eigenvalue weighted by Crippen LogP contribution is -2.11. The van der Waals surface area contributed by atoms with Gasteiger partial charge in [0.15, 0.2) is 0 Å². The second-order valence-electron chi connectivity index (χ2n) is 4.05. The second-order valence-corrected chi connectivity index (χ2v) is 5.32. The Hall–Kier alpha value is -0.110. The summed E-state index contributed by atoms with van der Waals surface area (Å²) in [5.74, 6) is 1.30. The maximum atomic E-state index is 5.72. The summed E-state index contributed by atoms with van der Waals surface area (Å²) in [6, 6.07) is 0. The van der Waals surface area contributed by atoms with Crippen LogP contribution in [0.1, 0.15) is 39.0 Å². The van der Waals surface area contributed by atoms with E-state index in [1.807, 2.05) is 18.0 Å². The van der Waals surface area contributed by atoms with Gasteiger partial charge in [0.05, 0.1) is 11.5 Å². The third-order valence-electron chi connectivity index (χ3n) is 2.83. The second kappa shape index (κ2) is 4.41. The van der Waals surface area contributed by atoms with Crippen molar-refractivity contribution in [1.82, 2.24) is 0 Å². The first-order valence-corrected chi connectivity index (χ1v) is 6.36. The first kappa shape index (κ1) is 9.45. The molecule has 0 N–H and O–H groups in total. The standard InChI is InChI=1S/C11H18OS/c1-9(11-8-13-11)12-7-10-5-3-2-4-6-10/h7,9,11H,2-6,8H2,1H3. The molecule has 0 radical (unpaired) electrons. The van der Waals surface area contributed by atoms with E-state index < -0.39 is 0 Å². The molecule has 1 nitrogen and oxygen atoms in total. The Balaban J connectivity index is 1.74. The van der Waals surface area contributed by atoms with Gasteiger partial charge in [-0.05, 0) is 38.2 Å². The van der Waals surface area contributed by atoms with Crippen LogP contribution in [-0.2, 0) is 4.74 Å². The van der Waals surface area contributed by atoms with Crippen LogP contribution in [0.3, 0.4) is 0 Å². The van der Waals surface area contributed by atoms with E-state index in [-0.39, 0.29) is 0 Å². The molecule has 1 aliphatic heterocycles. The van der Waals surface area contributed by atoms with Crippen molar-refractivity contribution >= 4 is 11.8 Å². The summed E-state index contributed by atoms with van der Waals surface area (Å²) >= 11 is 2.01. The molecule has 0 aromatic carbocycles. The fraction of sp³-hybridized carbons (Fsp3) is 0.818. The van der Waals surface area contributed by atoms with Gasteiger partial charge in [-0.3, -0.25) is 0 Å². The van der Waals surface area contributed by atoms with E-state index >= 15 is 0 Å². The lowest BCUT2D eigenvalue weighted by Gasteiger charge is -2.15. The van der Waals surface area contributed by atoms with Crippen molar-refractivity contribution in [3.8, 4) is 0 Å². The van der Waals surface area contributed by atoms with Gasteiger partial charge < -0.3 is 4.74 Å². The van der Waals surface area contributed by atoms with E-state index in [9.17, 15) is 0 Å². The summed E-state index contributed by atoms with van der Waals surface area (Å²) in [5, 5.41) is 0.778. The van der Waals surface area contributed by atoms with E-state index in [1.165, 1.54) is 43.4 Å². The van der Waals surface area contributed by atoms with Crippen LogP contribution < -0.4 is 0 Å². The molecule has 0 amide bonds. The van der Waals surface area contributed by atoms with Crippen molar-refractivity contribution in [2.45, 2.75) is 50.4 Å². The molecule has 74 valence electrons. The number of hydrogen-bond donors (Lipinski definition) is 0. The lowest BCUT2D eigenvalue weighted by atomic mass is 9.96. The zero-order valence-corrected chi connectivity index (χ0v) is 9.11. The lowest BCUT2D eigenvalue weighted by molar-refractivity contribution is 0.165. The zero-order valence-electron chi connectivity index (χ0n) is 8.29. The molecule has 2 fully saturated rings. The minimum atomic E-state index is 0.430. The fourth-order valence-electron chi connectivity index (χ4n) is 1.74. The summed E-state index contributed by atoms with van der Waals surface area (Å²) in [5.41, 5.74) is 1.53. The highest BCUT2D eigenvalue weighted by molar-refractivity contribution is 8.06. The van der Waals surface area contributed by atoms with Gasteiger partial charge in [0.1, 0.15) is 6.10 Å². The molecular weight excluding hydrogens is 180 g/mol. The van der Waals surface area contributed by atoms with Crippen molar-refractivity contribution in [3.63, 3.8) is 0 Å². The van der Waals surface area contributed by atoms with Gasteiger partial charge in [0, 0.05) is 5.75 Å². The topological polar surface area (TPSA) is 9.23 Å². The molecule has 1 saturated carbocycles. The number of rotatable bonds is 3. The van der Waals surface area contributed by atoms with Crippen LogP contribution in [0.2, 0.25) is 0 Å². The molecule has 0 aromatic heterocycles. The quantitative estimate of drug-likeness (QED) is 0.508. The largest absolute Gasteiger partial charge is 0.497 e. The number of hydrogen-bond acceptors (Lipinski definition) is 2. The first-order valence-electron chi connectivity index (χ1n) is 5.31. The summed E-state index contributed by atoms with van der Waals surface area (Å²) in [7, 11) is 0. The van der Waals surface area contributed by atoms with Crippen LogP contribution in [0.4, 0.5) is 0 Å². The van der Waals surface area contributed by atoms with Crippen molar-refractivity contribution in [3.05, 3.63) is 11.8 Å². The van der Waals surface area contributed by atoms with E-state index in [0.29, 0.717) is 6.10 Å². The van der Waals surface area contributed by atoms with Crippen molar-refractivity contribution < 1.29 is 4.74 Å². The highest BCUT2D eigenvalue weighted by atomic mass is 32.2. The smallest absolute Gasteiger partial charge is 0.108 e. The summed E-state index contributed by atoms with van der Waals surface area (Å²) < 4.78 is 5.72. The van der Waals surface area contributed by atoms with Crippen LogP contribution in [0.25, 0.3) is 0 Å². The number of thioether (sulfide) groups is 1. The summed E-state index contributed by atoms with van der Waals surface area (Å²) in [6.45, 7) is 2.19. The van der Waals surface area contributed by atoms with Crippen LogP contribution in [-0.4, -0.2) is 17.1 Å². The zero-order chi connectivity index (χ0) is 9.10. The van der Waals surface area contributed by atoms with Crippen molar-refractivity contribution in [2.75, 3.05) is 5.75 Å². The average Bonchev–Trinajstić information content (AvgIpc) is 2.99. The number of allylic oxidation sites excluding steroid dienone is 1. The molecule has 2 atom stereocenters. The number of ether oxygens (including phenoxy) is 1. The Kier molecular flexibility index (Phi) is 3.20. The summed E-state index contributed by atoms with van der Waals surface area (Å²) in [6.07, 6.45) is 9.14. The van der Waals surface area contributed by atoms with Gasteiger partial charge in [-0.15, -0.1) is 0 Å². The molecular formula is C11H18OS. The van der Waals surface area contributed by atoms with Gasteiger partial charge in [-0.1, -0.05) is 6.42 Å². The molecule has 2 aliphatic rings. The van der Waals surface area contributed by atoms with E-state index in [4.69, 9.17) is 4.74 Å². The maximum absolute atomic E-state index is 5.72. The van der Waals surface area contributed by atoms with E-state index in [1.54, 1.807) is 0 Å². The van der Waals surface area contributed by atoms with Crippen LogP contribution in [0, 0.1) is 0 Å². The molecule has 1 aliphatic carbocycles. The van der Waals surface area contributed by atoms with Gasteiger partial charge >= 0.3 is 0 Å². The average molecular weight is 198 g/mol. The Morgan fingerprint density at radius 3 is 2.69 bits per heavy atom. The predicted molar refractivity (Wildman–Crippen MR) is 58.0 cm³/mol. The first-order chi connectivity index (χ1) is 6.36. The van der Waals surface area contributed by atoms with Crippen LogP contribution in [0.5, 0.6) is 0 Å². The van der Waals surface area contributed by atoms with E-state index in [0.717, 1.165) is 5.25 Å². The summed E-state index contributed by atoms with van der Waals surface area (Å²) in [4.78, 5) is 0. The van der Waals surface area contributed by atoms with Crippen LogP contribution >= 0.6 is 11.8 Å². The minimum absolute atomic E-state index is 0.430. The van der Waals surface area contributed by atoms with Crippen molar-refractivity contribution in [2.24, 2.45) is 0 Å². The van der Waals surface area contributed by atoms with Gasteiger partial charge in [0.2, 0.25) is 0 Å². The molecule has 0 spiro atoms. The van der Waals surface area contributed by atoms with Gasteiger partial charge in [0.25, 0.3) is 0 Å². The van der Waals surface area contributed by atoms with Gasteiger partial charge in [-0.2, -0.15) is 11.8 Å². The van der Waals surface area contributed by atoms with E-state index in [2.05, 4.69) is 6.92 Å². The predicted octanol–water partition coefficient (Wildman–Crippen LogP) is 3.35. The third kappa shape index (κ3) is 2.94. The monoisotopic (exact) mass is 198 g/mol. The highest BCUT2D eigenvalue weighted by Gasteiger charge is 2.29. The molecule has 2 unspecified atom stereocenters. The Bertz CT molecular complexity index is 188. The van der Waals surface area contributed by atoms with Crippen LogP contribution in [0.15, 0.2) is 11.8 Å². The third-order valence-corrected chi connectivity index (χ3v) is 3.93. The minimum Gasteiger partial charge on any atom is -0.497 e. The normalized spacial score (nSPS) is 29.6. The Labute approximate surface area is 84.9 Å². The molecule has 13 heavy (non-hydrogen) atoms. The Morgan fingerprint density at radius 1 is 1.38 bits per heavy atom.